The summed E-state index contributed by atoms with van der Waals surface area (Å²) in [4.78, 5) is 0. The standard InChI is InChI=1S/C13H20ClN3/c1-5-10(6-2)17-13(14)11(8-15)12(16-17)7-9(3)4/h9-10H,5-7H2,1-4H3. The monoisotopic (exact) mass is 253 g/mol. The first kappa shape index (κ1) is 14.1. The third-order valence-electron chi connectivity index (χ3n) is 2.93. The lowest BCUT2D eigenvalue weighted by Gasteiger charge is -2.13. The summed E-state index contributed by atoms with van der Waals surface area (Å²) in [5.41, 5.74) is 1.38. The van der Waals surface area contributed by atoms with Gasteiger partial charge in [0.25, 0.3) is 0 Å². The highest BCUT2D eigenvalue weighted by Gasteiger charge is 2.20. The first-order valence-electron chi connectivity index (χ1n) is 6.22. The zero-order valence-corrected chi connectivity index (χ0v) is 11.8. The van der Waals surface area contributed by atoms with E-state index in [1.807, 2.05) is 4.68 Å². The van der Waals surface area contributed by atoms with Crippen LogP contribution in [0, 0.1) is 17.2 Å². The number of nitrogens with zero attached hydrogens (tertiary/aromatic N) is 3. The Labute approximate surface area is 108 Å². The predicted octanol–water partition coefficient (Wildman–Crippen LogP) is 3.97. The molecule has 0 amide bonds. The van der Waals surface area contributed by atoms with E-state index in [9.17, 15) is 0 Å². The molecule has 1 aromatic heterocycles. The van der Waals surface area contributed by atoms with Crippen molar-refractivity contribution in [3.05, 3.63) is 16.4 Å². The first-order valence-corrected chi connectivity index (χ1v) is 6.59. The molecule has 0 spiro atoms. The fourth-order valence-corrected chi connectivity index (χ4v) is 2.30. The molecule has 0 aliphatic heterocycles. The van der Waals surface area contributed by atoms with Gasteiger partial charge in [0, 0.05) is 0 Å². The third-order valence-corrected chi connectivity index (χ3v) is 3.29. The molecule has 4 heteroatoms. The van der Waals surface area contributed by atoms with Gasteiger partial charge in [-0.15, -0.1) is 0 Å². The normalized spacial score (nSPS) is 11.2. The molecule has 94 valence electrons. The summed E-state index contributed by atoms with van der Waals surface area (Å²) in [5, 5.41) is 14.2. The molecule has 0 N–H and O–H groups in total. The van der Waals surface area contributed by atoms with E-state index in [0.717, 1.165) is 25.0 Å². The number of hydrogen-bond acceptors (Lipinski definition) is 2. The molecule has 3 nitrogen and oxygen atoms in total. The van der Waals surface area contributed by atoms with Crippen LogP contribution in [0.2, 0.25) is 5.15 Å². The van der Waals surface area contributed by atoms with Crippen molar-refractivity contribution in [3.63, 3.8) is 0 Å². The average Bonchev–Trinajstić information content (AvgIpc) is 2.57. The molecule has 0 saturated heterocycles. The Morgan fingerprint density at radius 1 is 1.35 bits per heavy atom. The molecule has 1 rings (SSSR count). The van der Waals surface area contributed by atoms with Crippen molar-refractivity contribution in [2.24, 2.45) is 5.92 Å². The van der Waals surface area contributed by atoms with Crippen molar-refractivity contribution >= 4 is 11.6 Å². The van der Waals surface area contributed by atoms with Crippen LogP contribution in [0.4, 0.5) is 0 Å². The van der Waals surface area contributed by atoms with E-state index >= 15 is 0 Å². The average molecular weight is 254 g/mol. The minimum atomic E-state index is 0.288. The maximum Gasteiger partial charge on any atom is 0.145 e. The van der Waals surface area contributed by atoms with Crippen LogP contribution < -0.4 is 0 Å². The smallest absolute Gasteiger partial charge is 0.145 e. The van der Waals surface area contributed by atoms with Gasteiger partial charge in [-0.3, -0.25) is 0 Å². The van der Waals surface area contributed by atoms with E-state index in [1.54, 1.807) is 0 Å². The summed E-state index contributed by atoms with van der Waals surface area (Å²) in [6, 6.07) is 2.46. The van der Waals surface area contributed by atoms with Crippen LogP contribution in [0.1, 0.15) is 57.8 Å². The maximum atomic E-state index is 9.16. The quantitative estimate of drug-likeness (QED) is 0.797. The molecule has 0 unspecified atom stereocenters. The van der Waals surface area contributed by atoms with E-state index in [2.05, 4.69) is 38.9 Å². The van der Waals surface area contributed by atoms with Crippen molar-refractivity contribution < 1.29 is 0 Å². The predicted molar refractivity (Wildman–Crippen MR) is 70.1 cm³/mol. The Morgan fingerprint density at radius 3 is 2.35 bits per heavy atom. The molecule has 0 radical (unpaired) electrons. The Hall–Kier alpha value is -1.01. The highest BCUT2D eigenvalue weighted by molar-refractivity contribution is 6.30. The van der Waals surface area contributed by atoms with Crippen LogP contribution in [0.5, 0.6) is 0 Å². The second kappa shape index (κ2) is 6.07. The molecule has 0 atom stereocenters. The van der Waals surface area contributed by atoms with Crippen molar-refractivity contribution in [1.82, 2.24) is 9.78 Å². The third kappa shape index (κ3) is 3.01. The number of aromatic nitrogens is 2. The molecule has 0 aliphatic carbocycles. The van der Waals surface area contributed by atoms with Gasteiger partial charge in [0.2, 0.25) is 0 Å². The lowest BCUT2D eigenvalue weighted by Crippen LogP contribution is -2.09. The summed E-state index contributed by atoms with van der Waals surface area (Å²) >= 11 is 6.24. The summed E-state index contributed by atoms with van der Waals surface area (Å²) in [6.45, 7) is 8.46. The topological polar surface area (TPSA) is 41.6 Å². The number of nitriles is 1. The molecule has 17 heavy (non-hydrogen) atoms. The van der Waals surface area contributed by atoms with Crippen LogP contribution >= 0.6 is 11.6 Å². The van der Waals surface area contributed by atoms with Crippen molar-refractivity contribution in [1.29, 1.82) is 5.26 Å². The van der Waals surface area contributed by atoms with Gasteiger partial charge in [-0.1, -0.05) is 39.3 Å². The van der Waals surface area contributed by atoms with Gasteiger partial charge < -0.3 is 0 Å². The molecule has 0 fully saturated rings. The van der Waals surface area contributed by atoms with E-state index in [0.29, 0.717) is 16.6 Å². The van der Waals surface area contributed by atoms with Gasteiger partial charge in [-0.05, 0) is 25.2 Å². The summed E-state index contributed by atoms with van der Waals surface area (Å²) in [5.74, 6) is 0.475. The summed E-state index contributed by atoms with van der Waals surface area (Å²) in [7, 11) is 0. The Kier molecular flexibility index (Phi) is 5.02. The lowest BCUT2D eigenvalue weighted by atomic mass is 10.1. The summed E-state index contributed by atoms with van der Waals surface area (Å²) in [6.07, 6.45) is 2.75. The zero-order valence-electron chi connectivity index (χ0n) is 11.0. The lowest BCUT2D eigenvalue weighted by molar-refractivity contribution is 0.424. The molecule has 0 aromatic carbocycles. The van der Waals surface area contributed by atoms with Gasteiger partial charge in [0.05, 0.1) is 11.7 Å². The van der Waals surface area contributed by atoms with Crippen LogP contribution in [-0.2, 0) is 6.42 Å². The highest BCUT2D eigenvalue weighted by atomic mass is 35.5. The van der Waals surface area contributed by atoms with Gasteiger partial charge in [0.1, 0.15) is 16.8 Å². The SMILES string of the molecule is CCC(CC)n1nc(CC(C)C)c(C#N)c1Cl. The van der Waals surface area contributed by atoms with Crippen LogP contribution in [0.25, 0.3) is 0 Å². The number of halogens is 1. The fourth-order valence-electron chi connectivity index (χ4n) is 1.97. The van der Waals surface area contributed by atoms with E-state index in [4.69, 9.17) is 16.9 Å². The zero-order chi connectivity index (χ0) is 13.0. The number of hydrogen-bond donors (Lipinski definition) is 0. The van der Waals surface area contributed by atoms with Gasteiger partial charge in [-0.25, -0.2) is 4.68 Å². The highest BCUT2D eigenvalue weighted by Crippen LogP contribution is 2.27. The molecule has 1 heterocycles. The van der Waals surface area contributed by atoms with Crippen molar-refractivity contribution in [2.75, 3.05) is 0 Å². The van der Waals surface area contributed by atoms with E-state index in [-0.39, 0.29) is 6.04 Å². The molecular formula is C13H20ClN3. The van der Waals surface area contributed by atoms with Crippen LogP contribution in [-0.4, -0.2) is 9.78 Å². The second-order valence-corrected chi connectivity index (χ2v) is 5.10. The van der Waals surface area contributed by atoms with Gasteiger partial charge in [0.15, 0.2) is 0 Å². The Bertz CT molecular complexity index is 411. The number of rotatable bonds is 5. The molecule has 1 aromatic rings. The maximum absolute atomic E-state index is 9.16. The minimum Gasteiger partial charge on any atom is -0.249 e. The molecular weight excluding hydrogens is 234 g/mol. The minimum absolute atomic E-state index is 0.288. The van der Waals surface area contributed by atoms with Gasteiger partial charge in [-0.2, -0.15) is 10.4 Å². The van der Waals surface area contributed by atoms with Crippen molar-refractivity contribution in [3.8, 4) is 6.07 Å². The first-order chi connectivity index (χ1) is 8.04. The Morgan fingerprint density at radius 2 is 1.94 bits per heavy atom. The second-order valence-electron chi connectivity index (χ2n) is 4.74. The molecule has 0 saturated carbocycles. The van der Waals surface area contributed by atoms with Crippen LogP contribution in [0.3, 0.4) is 0 Å². The Balaban J connectivity index is 3.17. The van der Waals surface area contributed by atoms with E-state index < -0.39 is 0 Å². The van der Waals surface area contributed by atoms with E-state index in [1.165, 1.54) is 0 Å². The largest absolute Gasteiger partial charge is 0.249 e. The summed E-state index contributed by atoms with van der Waals surface area (Å²) < 4.78 is 1.82. The molecule has 0 bridgehead atoms. The van der Waals surface area contributed by atoms with Gasteiger partial charge >= 0.3 is 0 Å². The molecule has 0 aliphatic rings. The fraction of sp³-hybridized carbons (Fsp3) is 0.692. The van der Waals surface area contributed by atoms with Crippen molar-refractivity contribution in [2.45, 2.75) is 53.0 Å². The van der Waals surface area contributed by atoms with Crippen LogP contribution in [0.15, 0.2) is 0 Å².